The van der Waals surface area contributed by atoms with Crippen LogP contribution in [0.5, 0.6) is 0 Å². The first-order valence-corrected chi connectivity index (χ1v) is 27.4. The van der Waals surface area contributed by atoms with Gasteiger partial charge in [-0.15, -0.1) is 0 Å². The zero-order chi connectivity index (χ0) is 48.9. The molecule has 2 aliphatic rings. The number of allylic oxidation sites excluding steroid dienone is 2. The van der Waals surface area contributed by atoms with Crippen LogP contribution in [-0.4, -0.2) is 128 Å². The van der Waals surface area contributed by atoms with Crippen LogP contribution in [0.2, 0.25) is 0 Å². The molecule has 2 aliphatic heterocycles. The summed E-state index contributed by atoms with van der Waals surface area (Å²) in [6.45, 7) is 3.32. The number of ether oxygens (including phenoxy) is 4. The monoisotopic (exact) mass is 960 g/mol. The van der Waals surface area contributed by atoms with Gasteiger partial charge in [0.2, 0.25) is 0 Å². The molecule has 2 rings (SSSR count). The third-order valence-corrected chi connectivity index (χ3v) is 13.9. The molecule has 14 nitrogen and oxygen atoms in total. The molecule has 2 heterocycles. The highest BCUT2D eigenvalue weighted by molar-refractivity contribution is 5.80. The Morgan fingerprint density at radius 3 is 1.43 bits per heavy atom. The summed E-state index contributed by atoms with van der Waals surface area (Å²) in [6, 6.07) is 0. The molecule has 2 fully saturated rings. The number of carbonyl (C=O) groups is 1. The maximum absolute atomic E-state index is 13.3. The van der Waals surface area contributed by atoms with Crippen LogP contribution in [0.3, 0.4) is 0 Å². The molecule has 67 heavy (non-hydrogen) atoms. The summed E-state index contributed by atoms with van der Waals surface area (Å²) in [5.41, 5.74) is 0. The normalized spacial score (nSPS) is 26.6. The van der Waals surface area contributed by atoms with Crippen molar-refractivity contribution in [3.05, 3.63) is 12.2 Å². The second kappa shape index (κ2) is 40.3. The fraction of sp³-hybridized carbons (Fsp3) is 0.943. The van der Waals surface area contributed by atoms with Crippen molar-refractivity contribution < 1.29 is 64.6 Å². The summed E-state index contributed by atoms with van der Waals surface area (Å²) in [4.78, 5) is 13.3. The summed E-state index contributed by atoms with van der Waals surface area (Å²) in [5, 5.41) is 85.4. The van der Waals surface area contributed by atoms with Crippen LogP contribution in [0.25, 0.3) is 0 Å². The van der Waals surface area contributed by atoms with E-state index in [0.717, 1.165) is 32.1 Å². The highest BCUT2D eigenvalue weighted by Gasteiger charge is 2.50. The molecule has 0 unspecified atom stereocenters. The van der Waals surface area contributed by atoms with E-state index in [4.69, 9.17) is 18.9 Å². The zero-order valence-corrected chi connectivity index (χ0v) is 42.2. The summed E-state index contributed by atoms with van der Waals surface area (Å²) in [6.07, 6.45) is 28.4. The van der Waals surface area contributed by atoms with Crippen molar-refractivity contribution in [1.29, 1.82) is 0 Å². The molecule has 9 N–H and O–H groups in total. The van der Waals surface area contributed by atoms with Crippen molar-refractivity contribution in [2.75, 3.05) is 13.3 Å². The number of rotatable bonds is 43. The predicted molar refractivity (Wildman–Crippen MR) is 263 cm³/mol. The lowest BCUT2D eigenvalue weighted by Gasteiger charge is -2.45. The van der Waals surface area contributed by atoms with E-state index in [9.17, 15) is 45.6 Å². The van der Waals surface area contributed by atoms with Gasteiger partial charge in [-0.2, -0.15) is 0 Å². The maximum atomic E-state index is 13.3. The van der Waals surface area contributed by atoms with Gasteiger partial charge in [0.05, 0.1) is 6.61 Å². The Bertz CT molecular complexity index is 1180. The second-order valence-electron chi connectivity index (χ2n) is 19.8. The van der Waals surface area contributed by atoms with Gasteiger partial charge in [0.15, 0.2) is 18.9 Å². The van der Waals surface area contributed by atoms with E-state index >= 15 is 0 Å². The van der Waals surface area contributed by atoms with Crippen LogP contribution in [0.15, 0.2) is 12.2 Å². The molecule has 12 atom stereocenters. The fourth-order valence-electron chi connectivity index (χ4n) is 9.39. The zero-order valence-electron chi connectivity index (χ0n) is 42.2. The van der Waals surface area contributed by atoms with E-state index < -0.39 is 86.9 Å². The lowest BCUT2D eigenvalue weighted by Crippen LogP contribution is -2.64. The average Bonchev–Trinajstić information content (AvgIpc) is 3.32. The van der Waals surface area contributed by atoms with Crippen LogP contribution < -0.4 is 5.32 Å². The third kappa shape index (κ3) is 27.2. The van der Waals surface area contributed by atoms with Gasteiger partial charge in [-0.3, -0.25) is 4.79 Å². The Labute approximate surface area is 406 Å². The number of carbonyl (C=O) groups excluding carboxylic acids is 1. The van der Waals surface area contributed by atoms with E-state index in [-0.39, 0.29) is 5.92 Å². The van der Waals surface area contributed by atoms with Crippen LogP contribution in [0.1, 0.15) is 232 Å². The molecular weight excluding hydrogens is 859 g/mol. The van der Waals surface area contributed by atoms with E-state index in [2.05, 4.69) is 31.3 Å². The van der Waals surface area contributed by atoms with Gasteiger partial charge in [-0.1, -0.05) is 212 Å². The molecule has 0 aromatic carbocycles. The molecule has 396 valence electrons. The van der Waals surface area contributed by atoms with Crippen molar-refractivity contribution in [2.45, 2.75) is 300 Å². The van der Waals surface area contributed by atoms with Gasteiger partial charge in [-0.25, -0.2) is 0 Å². The largest absolute Gasteiger partial charge is 0.394 e. The van der Waals surface area contributed by atoms with Crippen molar-refractivity contribution >= 4 is 5.91 Å². The number of unbranched alkanes of at least 4 members (excludes halogenated alkanes) is 29. The molecule has 0 bridgehead atoms. The lowest BCUT2D eigenvalue weighted by molar-refractivity contribution is -0.378. The SMILES string of the molecule is CCCCCCCCCCCCC/C=C/CC[C@H](CCCCCCCCCCCCCCCCCCCCC)[C@@H](O)C(=O)NCO[C@@H]1O[C@H](CO)[C@@H](O[C@@H]2O[C@H](O)[C@H](O)[C@H](O)[C@H]2O)[C@H](O)[C@H]1O. The first-order valence-electron chi connectivity index (χ1n) is 27.4. The number of aliphatic hydroxyl groups is 8. The Kier molecular flexibility index (Phi) is 37.2. The van der Waals surface area contributed by atoms with E-state index in [1.54, 1.807) is 0 Å². The number of nitrogens with one attached hydrogen (secondary N) is 1. The van der Waals surface area contributed by atoms with Crippen LogP contribution in [0, 0.1) is 5.92 Å². The molecule has 0 radical (unpaired) electrons. The Morgan fingerprint density at radius 1 is 0.522 bits per heavy atom. The smallest absolute Gasteiger partial charge is 0.250 e. The van der Waals surface area contributed by atoms with Crippen LogP contribution in [0.4, 0.5) is 0 Å². The van der Waals surface area contributed by atoms with Gasteiger partial charge in [0.1, 0.15) is 55.6 Å². The number of hydrogen-bond donors (Lipinski definition) is 9. The van der Waals surface area contributed by atoms with E-state index in [1.807, 2.05) is 0 Å². The molecule has 2 saturated heterocycles. The molecule has 14 heteroatoms. The van der Waals surface area contributed by atoms with Gasteiger partial charge in [-0.05, 0) is 38.0 Å². The first kappa shape index (κ1) is 61.8. The maximum Gasteiger partial charge on any atom is 0.250 e. The summed E-state index contributed by atoms with van der Waals surface area (Å²) in [7, 11) is 0. The number of amides is 1. The Morgan fingerprint density at radius 2 is 0.955 bits per heavy atom. The summed E-state index contributed by atoms with van der Waals surface area (Å²) >= 11 is 0. The van der Waals surface area contributed by atoms with Crippen molar-refractivity contribution in [1.82, 2.24) is 5.32 Å². The Hall–Kier alpha value is -1.27. The standard InChI is InChI=1S/C53H101NO13/c1-3-5-7-9-11-13-15-17-19-20-21-22-24-26-28-30-32-34-36-38-41(37-35-33-31-29-27-25-23-18-16-14-12-10-8-6-4-2)43(56)50(62)54-40-64-52-48(61)45(58)49(42(39-55)65-52)66-53-47(60)44(57)46(59)51(63)67-53/h31,33,41-49,51-53,55-61,63H,3-30,32,34-40H2,1-2H3,(H,54,62)/b33-31+/t41-,42-,43-,44+,45-,46-,47-,48-,49-,51+,52-,53-/m1/s1. The minimum absolute atomic E-state index is 0.261. The molecule has 0 spiro atoms. The third-order valence-electron chi connectivity index (χ3n) is 13.9. The highest BCUT2D eigenvalue weighted by atomic mass is 16.8. The Balaban J connectivity index is 1.75. The fourth-order valence-corrected chi connectivity index (χ4v) is 9.39. The van der Waals surface area contributed by atoms with Gasteiger partial charge < -0.3 is 65.1 Å². The van der Waals surface area contributed by atoms with E-state index in [1.165, 1.54) is 173 Å². The van der Waals surface area contributed by atoms with Crippen molar-refractivity contribution in [3.8, 4) is 0 Å². The van der Waals surface area contributed by atoms with Crippen molar-refractivity contribution in [2.24, 2.45) is 5.92 Å². The minimum atomic E-state index is -1.91. The quantitative estimate of drug-likeness (QED) is 0.0159. The molecule has 0 aromatic rings. The molecule has 0 aliphatic carbocycles. The number of aliphatic hydroxyl groups excluding tert-OH is 8. The van der Waals surface area contributed by atoms with E-state index in [0.29, 0.717) is 12.8 Å². The van der Waals surface area contributed by atoms with Crippen LogP contribution in [-0.2, 0) is 23.7 Å². The van der Waals surface area contributed by atoms with Gasteiger partial charge in [0, 0.05) is 0 Å². The van der Waals surface area contributed by atoms with Gasteiger partial charge in [0.25, 0.3) is 5.91 Å². The predicted octanol–water partition coefficient (Wildman–Crippen LogP) is 8.49. The molecule has 0 aromatic heterocycles. The van der Waals surface area contributed by atoms with Gasteiger partial charge >= 0.3 is 0 Å². The lowest BCUT2D eigenvalue weighted by atomic mass is 9.90. The second-order valence-corrected chi connectivity index (χ2v) is 19.8. The highest BCUT2D eigenvalue weighted by Crippen LogP contribution is 2.29. The molecular formula is C53H101NO13. The van der Waals surface area contributed by atoms with Crippen LogP contribution >= 0.6 is 0 Å². The first-order chi connectivity index (χ1) is 32.6. The topological polar surface area (TPSA) is 228 Å². The minimum Gasteiger partial charge on any atom is -0.394 e. The molecule has 1 amide bonds. The summed E-state index contributed by atoms with van der Waals surface area (Å²) in [5.74, 6) is -0.885. The van der Waals surface area contributed by atoms with Crippen molar-refractivity contribution in [3.63, 3.8) is 0 Å². The molecule has 0 saturated carbocycles. The summed E-state index contributed by atoms with van der Waals surface area (Å²) < 4.78 is 21.7. The average molecular weight is 960 g/mol. The number of hydrogen-bond acceptors (Lipinski definition) is 13.